The van der Waals surface area contributed by atoms with Gasteiger partial charge in [-0.15, -0.1) is 0 Å². The van der Waals surface area contributed by atoms with Gasteiger partial charge in [0.25, 0.3) is 0 Å². The Morgan fingerprint density at radius 3 is 1.45 bits per heavy atom. The number of para-hydroxylation sites is 1. The second-order valence-electron chi connectivity index (χ2n) is 16.6. The zero-order chi connectivity index (χ0) is 61.0. The highest BCUT2D eigenvalue weighted by Crippen LogP contribution is 2.37. The van der Waals surface area contributed by atoms with Crippen LogP contribution in [0.3, 0.4) is 0 Å². The SMILES string of the molecule is [2H]c1cc2c(oc3c(-c4cc(C([2H])(C)C)c(C([2H])([2H])C([2H])([2H])c5cc(C([2H])([2H])C([2H])([2H])c6cnc(-c7ccccc7)cc6C([2H])(C)C)cc(C([2H])([2H])C([2H])([2H])c6cnc(-c7ccccc7)cc6C([2H])(C)C)c5)cn4)cccc32)c([2H])c1C#N. The third kappa shape index (κ3) is 9.60. The van der Waals surface area contributed by atoms with E-state index in [0.29, 0.717) is 38.9 Å². The Morgan fingerprint density at radius 1 is 0.545 bits per heavy atom. The van der Waals surface area contributed by atoms with Gasteiger partial charge in [-0.3, -0.25) is 15.0 Å². The van der Waals surface area contributed by atoms with Gasteiger partial charge in [0.2, 0.25) is 0 Å². The molecule has 0 spiro atoms. The molecule has 0 bridgehead atoms. The van der Waals surface area contributed by atoms with Crippen molar-refractivity contribution in [1.82, 2.24) is 15.0 Å². The van der Waals surface area contributed by atoms with Crippen molar-refractivity contribution in [2.75, 3.05) is 0 Å². The molecule has 328 valence electrons. The van der Waals surface area contributed by atoms with E-state index >= 15 is 0 Å². The molecule has 0 radical (unpaired) electrons. The number of pyridine rings is 3. The molecule has 5 nitrogen and oxygen atoms in total. The standard InChI is InChI=1S/C61H58N4O/c1-39(2)54-32-57(46-14-9-7-10-15-46)63-36-48(54)24-20-42-28-43(21-25-49-37-64-58(33-55(49)40(3)4)47-16-11-8-12-17-47)30-44(29-42)22-26-50-38-65-59(34-56(50)41(5)6)53-19-13-18-52-51-27-23-45(35-62)31-60(51)66-61(52)53/h7-19,23,27-34,36-41H,20-22,24-26H2,1-6H3/i20D2,21D2,22D2,23D,24D2,25D2,26D2,31D,39D,40D,41D. The van der Waals surface area contributed by atoms with Crippen molar-refractivity contribution >= 4 is 21.9 Å². The van der Waals surface area contributed by atoms with Gasteiger partial charge in [-0.1, -0.05) is 133 Å². The van der Waals surface area contributed by atoms with Crippen LogP contribution in [-0.2, 0) is 38.2 Å². The Bertz CT molecular complexity index is 3900. The molecule has 0 aliphatic rings. The third-order valence-corrected chi connectivity index (χ3v) is 11.2. The van der Waals surface area contributed by atoms with Gasteiger partial charge in [-0.2, -0.15) is 5.26 Å². The zero-order valence-corrected chi connectivity index (χ0v) is 37.5. The molecule has 9 aromatic rings. The summed E-state index contributed by atoms with van der Waals surface area (Å²) in [6.45, 7) is 8.87. The number of nitrogens with zero attached hydrogens (tertiary/aromatic N) is 4. The maximum atomic E-state index is 9.88. The summed E-state index contributed by atoms with van der Waals surface area (Å²) in [5.41, 5.74) is -0.858. The van der Waals surface area contributed by atoms with Crippen molar-refractivity contribution in [3.8, 4) is 39.8 Å². The summed E-state index contributed by atoms with van der Waals surface area (Å²) in [7, 11) is 0. The molecule has 66 heavy (non-hydrogen) atoms. The molecule has 0 amide bonds. The maximum absolute atomic E-state index is 9.88. The molecule has 0 fully saturated rings. The minimum absolute atomic E-state index is 0.0373. The first-order valence-electron chi connectivity index (χ1n) is 30.1. The fourth-order valence-electron chi connectivity index (χ4n) is 7.78. The van der Waals surface area contributed by atoms with Crippen LogP contribution in [0, 0.1) is 11.3 Å². The first-order valence-corrected chi connectivity index (χ1v) is 21.6. The van der Waals surface area contributed by atoms with Gasteiger partial charge in [0, 0.05) is 66.6 Å². The van der Waals surface area contributed by atoms with Gasteiger partial charge in [0.05, 0.1) is 31.5 Å². The van der Waals surface area contributed by atoms with Crippen LogP contribution in [-0.4, -0.2) is 15.0 Å². The van der Waals surface area contributed by atoms with Crippen molar-refractivity contribution in [2.24, 2.45) is 0 Å². The number of hydrogen-bond acceptors (Lipinski definition) is 5. The maximum Gasteiger partial charge on any atom is 0.144 e. The number of benzene rings is 5. The normalized spacial score (nSPS) is 17.2. The largest absolute Gasteiger partial charge is 0.455 e. The van der Waals surface area contributed by atoms with Crippen LogP contribution in [0.5, 0.6) is 0 Å². The molecule has 5 heteroatoms. The zero-order valence-electron chi connectivity index (χ0n) is 54.5. The Balaban J connectivity index is 1.25. The van der Waals surface area contributed by atoms with Crippen LogP contribution in [0.2, 0.25) is 0 Å². The summed E-state index contributed by atoms with van der Waals surface area (Å²) >= 11 is 0. The first-order chi connectivity index (χ1) is 38.4. The Hall–Kier alpha value is -7.16. The fraction of sp³-hybridized carbons (Fsp3) is 0.246. The van der Waals surface area contributed by atoms with E-state index in [2.05, 4.69) is 15.0 Å². The van der Waals surface area contributed by atoms with Crippen molar-refractivity contribution < 1.29 is 27.7 Å². The highest BCUT2D eigenvalue weighted by Gasteiger charge is 2.18. The summed E-state index contributed by atoms with van der Waals surface area (Å²) in [5.74, 6) is -4.85. The van der Waals surface area contributed by atoms with Gasteiger partial charge < -0.3 is 4.42 Å². The van der Waals surface area contributed by atoms with E-state index in [1.165, 1.54) is 65.8 Å². The third-order valence-electron chi connectivity index (χ3n) is 11.2. The van der Waals surface area contributed by atoms with Gasteiger partial charge in [0.1, 0.15) is 11.2 Å². The summed E-state index contributed by atoms with van der Waals surface area (Å²) in [4.78, 5) is 13.6. The molecule has 0 saturated carbocycles. The lowest BCUT2D eigenvalue weighted by atomic mass is 9.89. The molecule has 4 aromatic heterocycles. The van der Waals surface area contributed by atoms with Crippen LogP contribution in [0.25, 0.3) is 55.7 Å². The van der Waals surface area contributed by atoms with Gasteiger partial charge >= 0.3 is 0 Å². The summed E-state index contributed by atoms with van der Waals surface area (Å²) < 4.78 is 168. The van der Waals surface area contributed by atoms with E-state index < -0.39 is 78.2 Å². The van der Waals surface area contributed by atoms with Gasteiger partial charge in [0.15, 0.2) is 0 Å². The second kappa shape index (κ2) is 19.5. The molecule has 0 aliphatic heterocycles. The lowest BCUT2D eigenvalue weighted by molar-refractivity contribution is 0.669. The quantitative estimate of drug-likeness (QED) is 0.103. The van der Waals surface area contributed by atoms with Crippen molar-refractivity contribution in [3.05, 3.63) is 208 Å². The van der Waals surface area contributed by atoms with E-state index in [0.717, 1.165) is 36.8 Å². The Morgan fingerprint density at radius 2 is 1.00 bits per heavy atom. The number of aryl methyl sites for hydroxylation is 6. The Labute approximate surface area is 414 Å². The molecular weight excluding hydrogens is 805 g/mol. The van der Waals surface area contributed by atoms with Crippen LogP contribution in [0.4, 0.5) is 0 Å². The highest BCUT2D eigenvalue weighted by atomic mass is 16.3. The highest BCUT2D eigenvalue weighted by molar-refractivity contribution is 6.09. The molecule has 9 rings (SSSR count). The molecule has 0 atom stereocenters. The number of aromatic nitrogens is 3. The second-order valence-corrected chi connectivity index (χ2v) is 16.6. The number of hydrogen-bond donors (Lipinski definition) is 0. The molecular formula is C61H58N4O. The number of nitriles is 1. The van der Waals surface area contributed by atoms with Gasteiger partial charge in [-0.25, -0.2) is 0 Å². The van der Waals surface area contributed by atoms with Crippen molar-refractivity contribution in [1.29, 1.82) is 5.26 Å². The predicted molar refractivity (Wildman–Crippen MR) is 272 cm³/mol. The average molecular weight is 880 g/mol. The predicted octanol–water partition coefficient (Wildman–Crippen LogP) is 15.4. The summed E-state index contributed by atoms with van der Waals surface area (Å²) in [5, 5.41) is 10.5. The molecule has 0 unspecified atom stereocenters. The molecule has 5 aromatic carbocycles. The molecule has 4 heterocycles. The van der Waals surface area contributed by atoms with Gasteiger partial charge in [-0.05, 0) is 148 Å². The Kier molecular flexibility index (Phi) is 8.28. The lowest BCUT2D eigenvalue weighted by Gasteiger charge is -2.17. The number of rotatable bonds is 15. The molecule has 0 saturated heterocycles. The fourth-order valence-corrected chi connectivity index (χ4v) is 7.78. The van der Waals surface area contributed by atoms with E-state index in [1.54, 1.807) is 78.9 Å². The van der Waals surface area contributed by atoms with Crippen LogP contribution in [0.1, 0.15) is 138 Å². The van der Waals surface area contributed by atoms with Crippen molar-refractivity contribution in [2.45, 2.75) is 97.5 Å². The average Bonchev–Trinajstić information content (AvgIpc) is 4.01. The first kappa shape index (κ1) is 28.0. The number of furan rings is 1. The van der Waals surface area contributed by atoms with Crippen LogP contribution >= 0.6 is 0 Å². The summed E-state index contributed by atoms with van der Waals surface area (Å²) in [6.07, 6.45) is -16.3. The smallest absolute Gasteiger partial charge is 0.144 e. The van der Waals surface area contributed by atoms with Crippen LogP contribution in [0.15, 0.2) is 156 Å². The number of fused-ring (bicyclic) bond motifs is 3. The molecule has 0 N–H and O–H groups in total. The lowest BCUT2D eigenvalue weighted by Crippen LogP contribution is -2.05. The van der Waals surface area contributed by atoms with Crippen molar-refractivity contribution in [3.63, 3.8) is 0 Å². The summed E-state index contributed by atoms with van der Waals surface area (Å²) in [6, 6.07) is 32.6. The minimum Gasteiger partial charge on any atom is -0.455 e. The van der Waals surface area contributed by atoms with E-state index in [9.17, 15) is 23.1 Å². The molecule has 0 aliphatic carbocycles. The minimum atomic E-state index is -3.37. The van der Waals surface area contributed by atoms with Crippen LogP contribution < -0.4 is 0 Å². The van der Waals surface area contributed by atoms with E-state index in [4.69, 9.17) is 9.90 Å². The van der Waals surface area contributed by atoms with E-state index in [1.807, 2.05) is 6.07 Å². The topological polar surface area (TPSA) is 75.6 Å². The van der Waals surface area contributed by atoms with E-state index in [-0.39, 0.29) is 62.3 Å². The monoisotopic (exact) mass is 880 g/mol.